The summed E-state index contributed by atoms with van der Waals surface area (Å²) < 4.78 is 11.7. The minimum Gasteiger partial charge on any atom is -0.392 e. The summed E-state index contributed by atoms with van der Waals surface area (Å²) in [4.78, 5) is 0. The maximum atomic E-state index is 5.83. The van der Waals surface area contributed by atoms with E-state index < -0.39 is 0 Å². The van der Waals surface area contributed by atoms with Crippen LogP contribution < -0.4 is 0 Å². The van der Waals surface area contributed by atoms with Gasteiger partial charge in [0.2, 0.25) is 0 Å². The van der Waals surface area contributed by atoms with Crippen molar-refractivity contribution in [1.82, 2.24) is 0 Å². The van der Waals surface area contributed by atoms with Crippen LogP contribution in [0.2, 0.25) is 0 Å². The van der Waals surface area contributed by atoms with Gasteiger partial charge in [0.05, 0.1) is 11.2 Å². The van der Waals surface area contributed by atoms with Crippen molar-refractivity contribution in [2.75, 3.05) is 0 Å². The predicted molar refractivity (Wildman–Crippen MR) is 65.8 cm³/mol. The van der Waals surface area contributed by atoms with Gasteiger partial charge >= 0.3 is 7.12 Å². The summed E-state index contributed by atoms with van der Waals surface area (Å²) in [6.07, 6.45) is 5.13. The zero-order valence-corrected chi connectivity index (χ0v) is 10.8. The molecule has 0 amide bonds. The molecule has 2 aliphatic rings. The summed E-state index contributed by atoms with van der Waals surface area (Å²) in [5, 5.41) is 0. The zero-order chi connectivity index (χ0) is 11.8. The summed E-state index contributed by atoms with van der Waals surface area (Å²) in [7, 11) is -0.342. The molecule has 2 fully saturated rings. The van der Waals surface area contributed by atoms with Crippen molar-refractivity contribution in [3.63, 3.8) is 0 Å². The van der Waals surface area contributed by atoms with Crippen LogP contribution in [0.4, 0.5) is 0 Å². The maximum absolute atomic E-state index is 5.83. The van der Waals surface area contributed by atoms with Crippen molar-refractivity contribution >= 4 is 7.12 Å². The second-order valence-electron chi connectivity index (χ2n) is 5.86. The fourth-order valence-corrected chi connectivity index (χ4v) is 2.16. The van der Waals surface area contributed by atoms with Crippen LogP contribution in [0.1, 0.15) is 53.4 Å². The summed E-state index contributed by atoms with van der Waals surface area (Å²) in [5.41, 5.74) is -0.524. The zero-order valence-electron chi connectivity index (χ0n) is 10.8. The van der Waals surface area contributed by atoms with Gasteiger partial charge in [0, 0.05) is 5.92 Å². The lowest BCUT2D eigenvalue weighted by atomic mass is 9.90. The van der Waals surface area contributed by atoms with Crippen LogP contribution in [0.5, 0.6) is 0 Å². The van der Waals surface area contributed by atoms with Gasteiger partial charge in [-0.3, -0.25) is 0 Å². The van der Waals surface area contributed by atoms with Crippen LogP contribution >= 0.6 is 0 Å². The van der Waals surface area contributed by atoms with Crippen LogP contribution in [0.15, 0.2) is 0 Å². The Balaban J connectivity index is 1.98. The molecule has 88 valence electrons. The van der Waals surface area contributed by atoms with Gasteiger partial charge in [0.1, 0.15) is 0 Å². The molecule has 0 N–H and O–H groups in total. The third-order valence-electron chi connectivity index (χ3n) is 4.01. The topological polar surface area (TPSA) is 18.5 Å². The average molecular weight is 220 g/mol. The summed E-state index contributed by atoms with van der Waals surface area (Å²) in [6.45, 7) is 8.24. The molecule has 0 atom stereocenters. The van der Waals surface area contributed by atoms with Gasteiger partial charge in [-0.25, -0.2) is 0 Å². The molecule has 2 nitrogen and oxygen atoms in total. The largest absolute Gasteiger partial charge is 0.551 e. The Labute approximate surface area is 99.2 Å². The first-order valence-corrected chi connectivity index (χ1v) is 6.27. The summed E-state index contributed by atoms with van der Waals surface area (Å²) in [5.74, 6) is 7.01. The molecule has 1 heterocycles. The predicted octanol–water partition coefficient (Wildman–Crippen LogP) is 2.81. The highest BCUT2D eigenvalue weighted by Gasteiger charge is 2.50. The molecular formula is C13H21BO2. The highest BCUT2D eigenvalue weighted by molar-refractivity contribution is 6.55. The Morgan fingerprint density at radius 2 is 1.50 bits per heavy atom. The Hall–Kier alpha value is -0.455. The van der Waals surface area contributed by atoms with E-state index in [-0.39, 0.29) is 18.3 Å². The van der Waals surface area contributed by atoms with E-state index in [2.05, 4.69) is 39.4 Å². The van der Waals surface area contributed by atoms with Gasteiger partial charge in [-0.2, -0.15) is 0 Å². The molecule has 1 aliphatic heterocycles. The molecule has 0 radical (unpaired) electrons. The summed E-state index contributed by atoms with van der Waals surface area (Å²) in [6, 6.07) is 0. The number of hydrogen-bond donors (Lipinski definition) is 0. The first kappa shape index (κ1) is 12.0. The maximum Gasteiger partial charge on any atom is 0.551 e. The van der Waals surface area contributed by atoms with Gasteiger partial charge < -0.3 is 9.31 Å². The molecular weight excluding hydrogens is 199 g/mol. The van der Waals surface area contributed by atoms with Crippen molar-refractivity contribution in [3.8, 4) is 11.7 Å². The van der Waals surface area contributed by atoms with Crippen LogP contribution in [0.3, 0.4) is 0 Å². The van der Waals surface area contributed by atoms with E-state index >= 15 is 0 Å². The second kappa shape index (κ2) is 4.09. The van der Waals surface area contributed by atoms with Crippen molar-refractivity contribution in [2.45, 2.75) is 64.6 Å². The van der Waals surface area contributed by atoms with Crippen molar-refractivity contribution in [1.29, 1.82) is 0 Å². The molecule has 0 aromatic heterocycles. The van der Waals surface area contributed by atoms with Crippen molar-refractivity contribution in [3.05, 3.63) is 0 Å². The molecule has 0 aromatic rings. The third-order valence-corrected chi connectivity index (χ3v) is 4.01. The fraction of sp³-hybridized carbons (Fsp3) is 0.846. The summed E-state index contributed by atoms with van der Waals surface area (Å²) >= 11 is 0. The Bertz CT molecular complexity index is 303. The number of rotatable bonds is 0. The molecule has 3 heteroatoms. The molecule has 1 saturated heterocycles. The normalized spacial score (nSPS) is 27.9. The van der Waals surface area contributed by atoms with Gasteiger partial charge in [-0.1, -0.05) is 18.7 Å². The van der Waals surface area contributed by atoms with Crippen molar-refractivity contribution < 1.29 is 9.31 Å². The molecule has 0 unspecified atom stereocenters. The van der Waals surface area contributed by atoms with E-state index in [4.69, 9.17) is 9.31 Å². The lowest BCUT2D eigenvalue weighted by Gasteiger charge is -2.32. The minimum atomic E-state index is -0.342. The van der Waals surface area contributed by atoms with E-state index in [0.29, 0.717) is 5.92 Å². The molecule has 0 bridgehead atoms. The Morgan fingerprint density at radius 3 is 2.00 bits per heavy atom. The lowest BCUT2D eigenvalue weighted by Crippen LogP contribution is -2.41. The SMILES string of the molecule is CC1(C)OB(C#CC2CCCC2)OC1(C)C. The average Bonchev–Trinajstić information content (AvgIpc) is 2.70. The van der Waals surface area contributed by atoms with Gasteiger partial charge in [-0.05, 0) is 40.5 Å². The second-order valence-corrected chi connectivity index (χ2v) is 5.86. The lowest BCUT2D eigenvalue weighted by molar-refractivity contribution is 0.00578. The first-order chi connectivity index (χ1) is 7.41. The minimum absolute atomic E-state index is 0.262. The van der Waals surface area contributed by atoms with E-state index in [1.807, 2.05) is 0 Å². The van der Waals surface area contributed by atoms with E-state index in [1.54, 1.807) is 0 Å². The fourth-order valence-electron chi connectivity index (χ4n) is 2.16. The Kier molecular flexibility index (Phi) is 3.07. The van der Waals surface area contributed by atoms with Crippen LogP contribution in [-0.2, 0) is 9.31 Å². The smallest absolute Gasteiger partial charge is 0.392 e. The van der Waals surface area contributed by atoms with Gasteiger partial charge in [0.25, 0.3) is 0 Å². The van der Waals surface area contributed by atoms with E-state index in [1.165, 1.54) is 25.7 Å². The molecule has 2 rings (SSSR count). The highest BCUT2D eigenvalue weighted by Crippen LogP contribution is 2.36. The molecule has 0 spiro atoms. The van der Waals surface area contributed by atoms with Gasteiger partial charge in [-0.15, -0.1) is 5.92 Å². The van der Waals surface area contributed by atoms with Crippen LogP contribution in [-0.4, -0.2) is 18.3 Å². The molecule has 0 aromatic carbocycles. The monoisotopic (exact) mass is 220 g/mol. The van der Waals surface area contributed by atoms with Crippen molar-refractivity contribution in [2.24, 2.45) is 5.92 Å². The standard InChI is InChI=1S/C13H21BO2/c1-12(2)13(3,4)16-14(15-12)10-9-11-7-5-6-8-11/h11H,5-8H2,1-4H3. The van der Waals surface area contributed by atoms with Crippen LogP contribution in [0.25, 0.3) is 0 Å². The Morgan fingerprint density at radius 1 is 1.00 bits per heavy atom. The first-order valence-electron chi connectivity index (χ1n) is 6.27. The van der Waals surface area contributed by atoms with E-state index in [9.17, 15) is 0 Å². The van der Waals surface area contributed by atoms with Crippen LogP contribution in [0, 0.1) is 17.7 Å². The third kappa shape index (κ3) is 2.28. The molecule has 1 aliphatic carbocycles. The quantitative estimate of drug-likeness (QED) is 0.461. The molecule has 16 heavy (non-hydrogen) atoms. The number of hydrogen-bond acceptors (Lipinski definition) is 2. The molecule has 1 saturated carbocycles. The van der Waals surface area contributed by atoms with Gasteiger partial charge in [0.15, 0.2) is 0 Å². The highest BCUT2D eigenvalue weighted by atomic mass is 16.7. The van der Waals surface area contributed by atoms with E-state index in [0.717, 1.165) is 0 Å².